The Labute approximate surface area is 101 Å². The van der Waals surface area contributed by atoms with Crippen LogP contribution in [0.25, 0.3) is 11.3 Å². The number of hydrogen-bond donors (Lipinski definition) is 1. The van der Waals surface area contributed by atoms with Crippen LogP contribution in [0.3, 0.4) is 0 Å². The Morgan fingerprint density at radius 2 is 2.25 bits per heavy atom. The quantitative estimate of drug-likeness (QED) is 0.942. The van der Waals surface area contributed by atoms with Gasteiger partial charge in [0.25, 0.3) is 0 Å². The first-order chi connectivity index (χ1) is 7.70. The van der Waals surface area contributed by atoms with Crippen molar-refractivity contribution in [1.82, 2.24) is 10.5 Å². The van der Waals surface area contributed by atoms with Gasteiger partial charge in [0.2, 0.25) is 0 Å². The molecule has 1 N–H and O–H groups in total. The number of benzene rings is 1. The molecule has 0 amide bonds. The van der Waals surface area contributed by atoms with E-state index in [0.29, 0.717) is 16.8 Å². The average Bonchev–Trinajstić information content (AvgIpc) is 2.67. The van der Waals surface area contributed by atoms with E-state index < -0.39 is 0 Å². The molecule has 2 rings (SSSR count). The van der Waals surface area contributed by atoms with Crippen LogP contribution >= 0.6 is 15.9 Å². The van der Waals surface area contributed by atoms with Crippen molar-refractivity contribution in [3.63, 3.8) is 0 Å². The average molecular weight is 285 g/mol. The maximum absolute atomic E-state index is 12.9. The van der Waals surface area contributed by atoms with Gasteiger partial charge in [0, 0.05) is 22.6 Å². The predicted molar refractivity (Wildman–Crippen MR) is 62.4 cm³/mol. The third-order valence-corrected chi connectivity index (χ3v) is 2.77. The smallest absolute Gasteiger partial charge is 0.168 e. The van der Waals surface area contributed by atoms with Crippen LogP contribution in [-0.2, 0) is 6.54 Å². The highest BCUT2D eigenvalue weighted by Crippen LogP contribution is 2.29. The van der Waals surface area contributed by atoms with Crippen molar-refractivity contribution in [3.05, 3.63) is 40.2 Å². The van der Waals surface area contributed by atoms with E-state index in [4.69, 9.17) is 4.52 Å². The van der Waals surface area contributed by atoms with E-state index in [2.05, 4.69) is 26.4 Å². The minimum absolute atomic E-state index is 0.286. The predicted octanol–water partition coefficient (Wildman–Crippen LogP) is 2.96. The van der Waals surface area contributed by atoms with Crippen LogP contribution in [-0.4, -0.2) is 12.2 Å². The molecule has 3 nitrogen and oxygen atoms in total. The summed E-state index contributed by atoms with van der Waals surface area (Å²) in [6.45, 7) is 0.641. The zero-order chi connectivity index (χ0) is 11.5. The van der Waals surface area contributed by atoms with Gasteiger partial charge >= 0.3 is 0 Å². The number of nitrogens with zero attached hydrogens (tertiary/aromatic N) is 1. The van der Waals surface area contributed by atoms with Gasteiger partial charge in [-0.2, -0.15) is 0 Å². The fraction of sp³-hybridized carbons (Fsp3) is 0.182. The fourth-order valence-corrected chi connectivity index (χ4v) is 1.94. The van der Waals surface area contributed by atoms with Gasteiger partial charge in [-0.3, -0.25) is 0 Å². The molecule has 0 saturated heterocycles. The molecule has 0 bridgehead atoms. The fourth-order valence-electron chi connectivity index (χ4n) is 1.39. The maximum Gasteiger partial charge on any atom is 0.168 e. The summed E-state index contributed by atoms with van der Waals surface area (Å²) in [5, 5.41) is 6.87. The van der Waals surface area contributed by atoms with Crippen LogP contribution in [0.2, 0.25) is 0 Å². The van der Waals surface area contributed by atoms with E-state index in [9.17, 15) is 4.39 Å². The molecule has 1 aromatic heterocycles. The maximum atomic E-state index is 12.9. The lowest BCUT2D eigenvalue weighted by Crippen LogP contribution is -2.04. The Morgan fingerprint density at radius 3 is 2.94 bits per heavy atom. The van der Waals surface area contributed by atoms with Crippen LogP contribution in [0.1, 0.15) is 5.69 Å². The molecular formula is C11H10BrFN2O. The molecule has 0 aliphatic carbocycles. The summed E-state index contributed by atoms with van der Waals surface area (Å²) in [7, 11) is 1.84. The van der Waals surface area contributed by atoms with Crippen LogP contribution < -0.4 is 5.32 Å². The summed E-state index contributed by atoms with van der Waals surface area (Å²) in [6, 6.07) is 6.27. The number of nitrogens with one attached hydrogen (secondary N) is 1. The molecule has 16 heavy (non-hydrogen) atoms. The van der Waals surface area contributed by atoms with Gasteiger partial charge in [-0.15, -0.1) is 0 Å². The zero-order valence-electron chi connectivity index (χ0n) is 8.63. The second-order valence-electron chi connectivity index (χ2n) is 3.34. The number of hydrogen-bond acceptors (Lipinski definition) is 3. The summed E-state index contributed by atoms with van der Waals surface area (Å²) < 4.78 is 18.7. The second-order valence-corrected chi connectivity index (χ2v) is 4.19. The standard InChI is InChI=1S/C11H10BrFN2O/c1-14-6-8-5-11(16-15-8)9-3-2-7(13)4-10(9)12/h2-5,14H,6H2,1H3. The summed E-state index contributed by atoms with van der Waals surface area (Å²) in [5.74, 6) is 0.336. The molecule has 1 aromatic carbocycles. The largest absolute Gasteiger partial charge is 0.356 e. The number of aromatic nitrogens is 1. The lowest BCUT2D eigenvalue weighted by atomic mass is 10.1. The Bertz CT molecular complexity index is 498. The highest BCUT2D eigenvalue weighted by molar-refractivity contribution is 9.10. The molecule has 0 aliphatic rings. The van der Waals surface area contributed by atoms with Gasteiger partial charge in [-0.1, -0.05) is 5.16 Å². The van der Waals surface area contributed by atoms with E-state index in [1.54, 1.807) is 6.07 Å². The minimum atomic E-state index is -0.286. The Kier molecular flexibility index (Phi) is 3.36. The molecule has 1 heterocycles. The van der Waals surface area contributed by atoms with Crippen molar-refractivity contribution in [3.8, 4) is 11.3 Å². The van der Waals surface area contributed by atoms with Crippen LogP contribution in [0.4, 0.5) is 4.39 Å². The Hall–Kier alpha value is -1.20. The molecule has 5 heteroatoms. The summed E-state index contributed by atoms with van der Waals surface area (Å²) in [4.78, 5) is 0. The van der Waals surface area contributed by atoms with E-state index in [-0.39, 0.29) is 5.82 Å². The third-order valence-electron chi connectivity index (χ3n) is 2.11. The van der Waals surface area contributed by atoms with Gasteiger partial charge in [-0.05, 0) is 41.2 Å². The minimum Gasteiger partial charge on any atom is -0.356 e. The monoisotopic (exact) mass is 284 g/mol. The molecule has 0 fully saturated rings. The first-order valence-corrected chi connectivity index (χ1v) is 5.55. The van der Waals surface area contributed by atoms with Gasteiger partial charge in [-0.25, -0.2) is 4.39 Å². The molecule has 0 spiro atoms. The van der Waals surface area contributed by atoms with Crippen molar-refractivity contribution in [1.29, 1.82) is 0 Å². The van der Waals surface area contributed by atoms with Gasteiger partial charge < -0.3 is 9.84 Å². The molecule has 84 valence electrons. The van der Waals surface area contributed by atoms with E-state index in [1.807, 2.05) is 13.1 Å². The van der Waals surface area contributed by atoms with Crippen molar-refractivity contribution < 1.29 is 8.91 Å². The molecule has 0 unspecified atom stereocenters. The second kappa shape index (κ2) is 4.76. The van der Waals surface area contributed by atoms with E-state index in [1.165, 1.54) is 12.1 Å². The topological polar surface area (TPSA) is 38.1 Å². The van der Waals surface area contributed by atoms with Gasteiger partial charge in [0.05, 0.1) is 5.69 Å². The number of rotatable bonds is 3. The first kappa shape index (κ1) is 11.3. The van der Waals surface area contributed by atoms with Gasteiger partial charge in [0.1, 0.15) is 5.82 Å². The Balaban J connectivity index is 2.35. The molecule has 0 radical (unpaired) electrons. The number of halogens is 2. The highest BCUT2D eigenvalue weighted by Gasteiger charge is 2.10. The normalized spacial score (nSPS) is 10.7. The van der Waals surface area contributed by atoms with Crippen molar-refractivity contribution >= 4 is 15.9 Å². The molecule has 0 atom stereocenters. The Morgan fingerprint density at radius 1 is 1.44 bits per heavy atom. The van der Waals surface area contributed by atoms with Crippen LogP contribution in [0, 0.1) is 5.82 Å². The van der Waals surface area contributed by atoms with Crippen molar-refractivity contribution in [2.75, 3.05) is 7.05 Å². The van der Waals surface area contributed by atoms with Crippen LogP contribution in [0.15, 0.2) is 33.3 Å². The summed E-state index contributed by atoms with van der Waals surface area (Å²) in [6.07, 6.45) is 0. The van der Waals surface area contributed by atoms with Crippen molar-refractivity contribution in [2.45, 2.75) is 6.54 Å². The lowest BCUT2D eigenvalue weighted by Gasteiger charge is -1.98. The molecular weight excluding hydrogens is 275 g/mol. The summed E-state index contributed by atoms with van der Waals surface area (Å²) >= 11 is 3.29. The van der Waals surface area contributed by atoms with Crippen LogP contribution in [0.5, 0.6) is 0 Å². The zero-order valence-corrected chi connectivity index (χ0v) is 10.2. The SMILES string of the molecule is CNCc1cc(-c2ccc(F)cc2Br)on1. The lowest BCUT2D eigenvalue weighted by molar-refractivity contribution is 0.421. The van der Waals surface area contributed by atoms with E-state index in [0.717, 1.165) is 11.3 Å². The summed E-state index contributed by atoms with van der Waals surface area (Å²) in [5.41, 5.74) is 1.60. The first-order valence-electron chi connectivity index (χ1n) is 4.76. The van der Waals surface area contributed by atoms with Crippen molar-refractivity contribution in [2.24, 2.45) is 0 Å². The third kappa shape index (κ3) is 2.31. The van der Waals surface area contributed by atoms with Gasteiger partial charge in [0.15, 0.2) is 5.76 Å². The highest BCUT2D eigenvalue weighted by atomic mass is 79.9. The van der Waals surface area contributed by atoms with E-state index >= 15 is 0 Å². The molecule has 2 aromatic rings. The molecule has 0 aliphatic heterocycles. The molecule has 0 saturated carbocycles.